The fraction of sp³-hybridized carbons (Fsp3) is 0.263. The molecule has 1 aromatic heterocycles. The molecule has 0 saturated carbocycles. The SMILES string of the molecule is COc1cc(/C=C2/N=C(CCc3ccco3)NC2=O)cc(OC)c1OC. The Labute approximate surface area is 151 Å². The quantitative estimate of drug-likeness (QED) is 0.772. The van der Waals surface area contributed by atoms with E-state index >= 15 is 0 Å². The van der Waals surface area contributed by atoms with E-state index in [0.717, 1.165) is 11.3 Å². The third-order valence-corrected chi connectivity index (χ3v) is 3.92. The third kappa shape index (κ3) is 3.72. The Bertz CT molecular complexity index is 828. The van der Waals surface area contributed by atoms with Gasteiger partial charge >= 0.3 is 0 Å². The summed E-state index contributed by atoms with van der Waals surface area (Å²) in [6.45, 7) is 0. The Hall–Kier alpha value is -3.22. The molecule has 1 aliphatic rings. The molecule has 0 bridgehead atoms. The van der Waals surface area contributed by atoms with E-state index in [4.69, 9.17) is 18.6 Å². The van der Waals surface area contributed by atoms with Gasteiger partial charge in [0.05, 0.1) is 27.6 Å². The number of hydrogen-bond acceptors (Lipinski definition) is 6. The fourth-order valence-electron chi connectivity index (χ4n) is 2.67. The van der Waals surface area contributed by atoms with Crippen LogP contribution in [-0.4, -0.2) is 33.1 Å². The number of benzene rings is 1. The van der Waals surface area contributed by atoms with Crippen molar-refractivity contribution in [1.29, 1.82) is 0 Å². The van der Waals surface area contributed by atoms with E-state index in [2.05, 4.69) is 10.3 Å². The highest BCUT2D eigenvalue weighted by molar-refractivity contribution is 6.14. The molecule has 2 aromatic rings. The van der Waals surface area contributed by atoms with Crippen molar-refractivity contribution in [2.24, 2.45) is 4.99 Å². The van der Waals surface area contributed by atoms with Gasteiger partial charge in [-0.3, -0.25) is 4.79 Å². The lowest BCUT2D eigenvalue weighted by Gasteiger charge is -2.12. The molecule has 1 N–H and O–H groups in total. The number of aryl methyl sites for hydroxylation is 1. The van der Waals surface area contributed by atoms with Crippen molar-refractivity contribution in [3.8, 4) is 17.2 Å². The molecule has 0 saturated heterocycles. The molecule has 0 radical (unpaired) electrons. The Balaban J connectivity index is 1.83. The molecule has 136 valence electrons. The van der Waals surface area contributed by atoms with Gasteiger partial charge in [-0.25, -0.2) is 4.99 Å². The number of furan rings is 1. The number of carbonyl (C=O) groups excluding carboxylic acids is 1. The molecular formula is C19H20N2O5. The highest BCUT2D eigenvalue weighted by atomic mass is 16.5. The van der Waals surface area contributed by atoms with Crippen LogP contribution in [0.1, 0.15) is 17.7 Å². The zero-order chi connectivity index (χ0) is 18.5. The first kappa shape index (κ1) is 17.6. The van der Waals surface area contributed by atoms with Crippen LogP contribution in [0.2, 0.25) is 0 Å². The number of amidine groups is 1. The van der Waals surface area contributed by atoms with Gasteiger partial charge in [-0.2, -0.15) is 0 Å². The summed E-state index contributed by atoms with van der Waals surface area (Å²) in [6.07, 6.45) is 4.56. The third-order valence-electron chi connectivity index (χ3n) is 3.92. The minimum absolute atomic E-state index is 0.242. The number of methoxy groups -OCH3 is 3. The minimum Gasteiger partial charge on any atom is -0.493 e. The number of amides is 1. The predicted octanol–water partition coefficient (Wildman–Crippen LogP) is 2.81. The van der Waals surface area contributed by atoms with E-state index in [1.54, 1.807) is 45.8 Å². The van der Waals surface area contributed by atoms with E-state index in [0.29, 0.717) is 41.6 Å². The molecule has 7 heteroatoms. The van der Waals surface area contributed by atoms with Crippen molar-refractivity contribution < 1.29 is 23.4 Å². The Morgan fingerprint density at radius 3 is 2.42 bits per heavy atom. The van der Waals surface area contributed by atoms with Crippen LogP contribution in [0, 0.1) is 0 Å². The molecule has 1 amide bonds. The van der Waals surface area contributed by atoms with Gasteiger partial charge in [0, 0.05) is 12.8 Å². The van der Waals surface area contributed by atoms with E-state index in [9.17, 15) is 4.79 Å². The average Bonchev–Trinajstić information content (AvgIpc) is 3.29. The standard InChI is InChI=1S/C19H20N2O5/c1-23-15-10-12(11-16(24-2)18(15)25-3)9-14-19(22)21-17(20-14)7-6-13-5-4-8-26-13/h4-5,8-11H,6-7H2,1-3H3,(H,20,21,22)/b14-9+. The largest absolute Gasteiger partial charge is 0.493 e. The summed E-state index contributed by atoms with van der Waals surface area (Å²) in [4.78, 5) is 16.6. The van der Waals surface area contributed by atoms with Gasteiger partial charge in [0.1, 0.15) is 17.3 Å². The van der Waals surface area contributed by atoms with Gasteiger partial charge in [0.2, 0.25) is 5.75 Å². The summed E-state index contributed by atoms with van der Waals surface area (Å²) in [5.41, 5.74) is 1.05. The average molecular weight is 356 g/mol. The van der Waals surface area contributed by atoms with Gasteiger partial charge in [0.25, 0.3) is 5.91 Å². The number of carbonyl (C=O) groups is 1. The Morgan fingerprint density at radius 2 is 1.85 bits per heavy atom. The summed E-state index contributed by atoms with van der Waals surface area (Å²) < 4.78 is 21.3. The van der Waals surface area contributed by atoms with Crippen LogP contribution < -0.4 is 19.5 Å². The Kier molecular flexibility index (Phi) is 5.26. The molecular weight excluding hydrogens is 336 g/mol. The van der Waals surface area contributed by atoms with Crippen LogP contribution in [0.5, 0.6) is 17.2 Å². The number of hydrogen-bond donors (Lipinski definition) is 1. The number of rotatable bonds is 7. The minimum atomic E-state index is -0.242. The van der Waals surface area contributed by atoms with Gasteiger partial charge in [-0.1, -0.05) is 0 Å². The summed E-state index contributed by atoms with van der Waals surface area (Å²) >= 11 is 0. The first-order chi connectivity index (χ1) is 12.6. The maximum Gasteiger partial charge on any atom is 0.275 e. The normalized spacial score (nSPS) is 15.0. The molecule has 0 unspecified atom stereocenters. The first-order valence-electron chi connectivity index (χ1n) is 8.07. The maximum atomic E-state index is 12.2. The van der Waals surface area contributed by atoms with Crippen LogP contribution in [0.25, 0.3) is 6.08 Å². The highest BCUT2D eigenvalue weighted by Gasteiger charge is 2.21. The van der Waals surface area contributed by atoms with Crippen molar-refractivity contribution in [2.75, 3.05) is 21.3 Å². The van der Waals surface area contributed by atoms with Gasteiger partial charge in [-0.05, 0) is 35.9 Å². The molecule has 0 atom stereocenters. The van der Waals surface area contributed by atoms with Crippen LogP contribution in [0.4, 0.5) is 0 Å². The van der Waals surface area contributed by atoms with Crippen LogP contribution in [-0.2, 0) is 11.2 Å². The molecule has 2 heterocycles. The maximum absolute atomic E-state index is 12.2. The van der Waals surface area contributed by atoms with Gasteiger partial charge in [0.15, 0.2) is 11.5 Å². The number of aliphatic imine (C=N–C) groups is 1. The van der Waals surface area contributed by atoms with Crippen molar-refractivity contribution in [1.82, 2.24) is 5.32 Å². The lowest BCUT2D eigenvalue weighted by Crippen LogP contribution is -2.24. The Morgan fingerprint density at radius 1 is 1.12 bits per heavy atom. The van der Waals surface area contributed by atoms with E-state index in [-0.39, 0.29) is 5.91 Å². The molecule has 1 aromatic carbocycles. The van der Waals surface area contributed by atoms with Crippen LogP contribution in [0.15, 0.2) is 45.6 Å². The van der Waals surface area contributed by atoms with Crippen LogP contribution >= 0.6 is 0 Å². The van der Waals surface area contributed by atoms with Crippen molar-refractivity contribution in [3.05, 3.63) is 47.5 Å². The predicted molar refractivity (Wildman–Crippen MR) is 96.7 cm³/mol. The lowest BCUT2D eigenvalue weighted by atomic mass is 10.1. The highest BCUT2D eigenvalue weighted by Crippen LogP contribution is 2.38. The second-order valence-electron chi connectivity index (χ2n) is 5.58. The number of nitrogens with one attached hydrogen (secondary N) is 1. The first-order valence-corrected chi connectivity index (χ1v) is 8.07. The zero-order valence-corrected chi connectivity index (χ0v) is 14.9. The van der Waals surface area contributed by atoms with Gasteiger partial charge in [-0.15, -0.1) is 0 Å². The zero-order valence-electron chi connectivity index (χ0n) is 14.9. The molecule has 0 aliphatic carbocycles. The summed E-state index contributed by atoms with van der Waals surface area (Å²) in [5.74, 6) is 2.75. The van der Waals surface area contributed by atoms with E-state index in [1.165, 1.54) is 0 Å². The fourth-order valence-corrected chi connectivity index (χ4v) is 2.67. The van der Waals surface area contributed by atoms with Crippen molar-refractivity contribution >= 4 is 17.8 Å². The molecule has 3 rings (SSSR count). The van der Waals surface area contributed by atoms with E-state index in [1.807, 2.05) is 12.1 Å². The summed E-state index contributed by atoms with van der Waals surface area (Å²) in [7, 11) is 4.63. The second kappa shape index (κ2) is 7.77. The monoisotopic (exact) mass is 356 g/mol. The molecule has 1 aliphatic heterocycles. The summed E-state index contributed by atoms with van der Waals surface area (Å²) in [6, 6.07) is 7.25. The number of ether oxygens (including phenoxy) is 3. The molecule has 0 spiro atoms. The van der Waals surface area contributed by atoms with Crippen molar-refractivity contribution in [2.45, 2.75) is 12.8 Å². The smallest absolute Gasteiger partial charge is 0.275 e. The van der Waals surface area contributed by atoms with Crippen LogP contribution in [0.3, 0.4) is 0 Å². The summed E-state index contributed by atoms with van der Waals surface area (Å²) in [5, 5.41) is 2.78. The molecule has 0 fully saturated rings. The number of nitrogens with zero attached hydrogens (tertiary/aromatic N) is 1. The molecule has 26 heavy (non-hydrogen) atoms. The van der Waals surface area contributed by atoms with E-state index < -0.39 is 0 Å². The molecule has 7 nitrogen and oxygen atoms in total. The lowest BCUT2D eigenvalue weighted by molar-refractivity contribution is -0.115. The van der Waals surface area contributed by atoms with Crippen molar-refractivity contribution in [3.63, 3.8) is 0 Å². The van der Waals surface area contributed by atoms with Gasteiger partial charge < -0.3 is 23.9 Å². The second-order valence-corrected chi connectivity index (χ2v) is 5.58. The topological polar surface area (TPSA) is 82.3 Å².